The van der Waals surface area contributed by atoms with Gasteiger partial charge in [-0.25, -0.2) is 9.97 Å². The van der Waals surface area contributed by atoms with Crippen LogP contribution in [0.15, 0.2) is 76.9 Å². The van der Waals surface area contributed by atoms with Crippen LogP contribution in [0.1, 0.15) is 18.4 Å². The van der Waals surface area contributed by atoms with Gasteiger partial charge in [-0.1, -0.05) is 53.7 Å². The third kappa shape index (κ3) is 5.32. The molecule has 0 radical (unpaired) electrons. The quantitative estimate of drug-likeness (QED) is 0.598. The molecule has 0 spiro atoms. The molecule has 154 valence electrons. The summed E-state index contributed by atoms with van der Waals surface area (Å²) < 4.78 is 0. The van der Waals surface area contributed by atoms with Gasteiger partial charge in [0.2, 0.25) is 5.91 Å². The van der Waals surface area contributed by atoms with Crippen LogP contribution in [0.3, 0.4) is 0 Å². The molecule has 1 aromatic heterocycles. The molecule has 1 aliphatic rings. The van der Waals surface area contributed by atoms with Crippen LogP contribution in [0.25, 0.3) is 0 Å². The minimum Gasteiger partial charge on any atom is -0.354 e. The summed E-state index contributed by atoms with van der Waals surface area (Å²) >= 11 is 7.63. The van der Waals surface area contributed by atoms with Crippen molar-refractivity contribution in [3.63, 3.8) is 0 Å². The number of piperidine rings is 1. The fraction of sp³-hybridized carbons (Fsp3) is 0.261. The molecule has 1 amide bonds. The molecule has 0 aliphatic carbocycles. The maximum absolute atomic E-state index is 12.8. The van der Waals surface area contributed by atoms with Crippen LogP contribution in [0, 0.1) is 5.92 Å². The van der Waals surface area contributed by atoms with Gasteiger partial charge < -0.3 is 10.2 Å². The van der Waals surface area contributed by atoms with Gasteiger partial charge in [0.1, 0.15) is 5.03 Å². The summed E-state index contributed by atoms with van der Waals surface area (Å²) in [4.78, 5) is 25.2. The zero-order valence-corrected chi connectivity index (χ0v) is 18.1. The second kappa shape index (κ2) is 9.96. The van der Waals surface area contributed by atoms with Crippen LogP contribution in [-0.4, -0.2) is 29.0 Å². The van der Waals surface area contributed by atoms with Crippen molar-refractivity contribution in [3.8, 4) is 0 Å². The number of nitrogens with one attached hydrogen (secondary N) is 1. The van der Waals surface area contributed by atoms with E-state index in [9.17, 15) is 4.79 Å². The van der Waals surface area contributed by atoms with E-state index in [2.05, 4.69) is 32.3 Å². The first-order valence-corrected chi connectivity index (χ1v) is 11.2. The average molecular weight is 439 g/mol. The Morgan fingerprint density at radius 2 is 1.97 bits per heavy atom. The first kappa shape index (κ1) is 20.7. The SMILES string of the molecule is O=C(NCc1cccc(Cl)c1)[C@@H]1CCCN(c2nccnc2Sc2ccccc2)C1. The van der Waals surface area contributed by atoms with Crippen LogP contribution >= 0.6 is 23.4 Å². The van der Waals surface area contributed by atoms with E-state index < -0.39 is 0 Å². The van der Waals surface area contributed by atoms with Crippen molar-refractivity contribution in [2.75, 3.05) is 18.0 Å². The third-order valence-corrected chi connectivity index (χ3v) is 6.28. The highest BCUT2D eigenvalue weighted by atomic mass is 35.5. The zero-order chi connectivity index (χ0) is 20.8. The van der Waals surface area contributed by atoms with Crippen LogP contribution in [0.2, 0.25) is 5.02 Å². The van der Waals surface area contributed by atoms with Gasteiger partial charge in [0.05, 0.1) is 5.92 Å². The molecule has 1 saturated heterocycles. The van der Waals surface area contributed by atoms with E-state index in [4.69, 9.17) is 11.6 Å². The fourth-order valence-corrected chi connectivity index (χ4v) is 4.69. The average Bonchev–Trinajstić information content (AvgIpc) is 2.79. The molecule has 4 rings (SSSR count). The van der Waals surface area contributed by atoms with Gasteiger partial charge in [-0.3, -0.25) is 4.79 Å². The van der Waals surface area contributed by atoms with Crippen LogP contribution in [0.5, 0.6) is 0 Å². The molecule has 2 heterocycles. The summed E-state index contributed by atoms with van der Waals surface area (Å²) in [5.74, 6) is 0.842. The molecule has 5 nitrogen and oxygen atoms in total. The summed E-state index contributed by atoms with van der Waals surface area (Å²) in [6.07, 6.45) is 5.25. The largest absolute Gasteiger partial charge is 0.354 e. The van der Waals surface area contributed by atoms with Crippen molar-refractivity contribution in [1.29, 1.82) is 0 Å². The van der Waals surface area contributed by atoms with Gasteiger partial charge >= 0.3 is 0 Å². The van der Waals surface area contributed by atoms with Crippen LogP contribution < -0.4 is 10.2 Å². The number of nitrogens with zero attached hydrogens (tertiary/aromatic N) is 3. The number of hydrogen-bond acceptors (Lipinski definition) is 5. The van der Waals surface area contributed by atoms with E-state index in [0.29, 0.717) is 18.1 Å². The molecule has 1 fully saturated rings. The fourth-order valence-electron chi connectivity index (χ4n) is 3.57. The predicted molar refractivity (Wildman–Crippen MR) is 121 cm³/mol. The Bertz CT molecular complexity index is 1000. The summed E-state index contributed by atoms with van der Waals surface area (Å²) in [5, 5.41) is 4.60. The number of benzene rings is 2. The zero-order valence-electron chi connectivity index (χ0n) is 16.5. The number of rotatable bonds is 6. The minimum absolute atomic E-state index is 0.0702. The molecule has 1 N–H and O–H groups in total. The second-order valence-electron chi connectivity index (χ2n) is 7.23. The Hall–Kier alpha value is -2.57. The van der Waals surface area contributed by atoms with Gasteiger partial charge in [0, 0.05) is 41.9 Å². The first-order valence-electron chi connectivity index (χ1n) is 10.00. The minimum atomic E-state index is -0.0745. The Balaban J connectivity index is 1.42. The molecule has 3 aromatic rings. The molecular weight excluding hydrogens is 416 g/mol. The van der Waals surface area contributed by atoms with Crippen LogP contribution in [0.4, 0.5) is 5.82 Å². The van der Waals surface area contributed by atoms with E-state index in [1.54, 1.807) is 24.2 Å². The van der Waals surface area contributed by atoms with Crippen molar-refractivity contribution in [1.82, 2.24) is 15.3 Å². The number of anilines is 1. The Morgan fingerprint density at radius 3 is 2.80 bits per heavy atom. The lowest BCUT2D eigenvalue weighted by Crippen LogP contribution is -2.43. The van der Waals surface area contributed by atoms with Crippen molar-refractivity contribution in [3.05, 3.63) is 77.6 Å². The van der Waals surface area contributed by atoms with Gasteiger partial charge in [0.25, 0.3) is 0 Å². The molecular formula is C23H23ClN4OS. The molecule has 1 atom stereocenters. The van der Waals surface area contributed by atoms with Gasteiger partial charge in [-0.2, -0.15) is 0 Å². The number of carbonyl (C=O) groups is 1. The van der Waals surface area contributed by atoms with E-state index in [1.165, 1.54) is 0 Å². The summed E-state index contributed by atoms with van der Waals surface area (Å²) in [7, 11) is 0. The van der Waals surface area contributed by atoms with Crippen molar-refractivity contribution in [2.45, 2.75) is 29.3 Å². The van der Waals surface area contributed by atoms with Crippen molar-refractivity contribution >= 4 is 35.1 Å². The highest BCUT2D eigenvalue weighted by Crippen LogP contribution is 2.33. The highest BCUT2D eigenvalue weighted by Gasteiger charge is 2.28. The number of hydrogen-bond donors (Lipinski definition) is 1. The monoisotopic (exact) mass is 438 g/mol. The van der Waals surface area contributed by atoms with Gasteiger partial charge in [-0.05, 0) is 42.7 Å². The van der Waals surface area contributed by atoms with E-state index in [0.717, 1.165) is 40.7 Å². The lowest BCUT2D eigenvalue weighted by molar-refractivity contribution is -0.125. The first-order chi connectivity index (χ1) is 14.7. The molecule has 0 saturated carbocycles. The Morgan fingerprint density at radius 1 is 1.13 bits per heavy atom. The highest BCUT2D eigenvalue weighted by molar-refractivity contribution is 7.99. The van der Waals surface area contributed by atoms with E-state index in [1.807, 2.05) is 42.5 Å². The Kier molecular flexibility index (Phi) is 6.87. The number of halogens is 1. The predicted octanol–water partition coefficient (Wildman–Crippen LogP) is 4.81. The lowest BCUT2D eigenvalue weighted by Gasteiger charge is -2.33. The summed E-state index contributed by atoms with van der Waals surface area (Å²) in [5.41, 5.74) is 0.999. The number of carbonyl (C=O) groups excluding carboxylic acids is 1. The molecule has 2 aromatic carbocycles. The summed E-state index contributed by atoms with van der Waals surface area (Å²) in [6, 6.07) is 17.7. The van der Waals surface area contributed by atoms with Crippen molar-refractivity contribution in [2.24, 2.45) is 5.92 Å². The standard InChI is InChI=1S/C23H23ClN4OS/c24-19-8-4-6-17(14-19)15-27-22(29)18-7-5-13-28(16-18)21-23(26-12-11-25-21)30-20-9-2-1-3-10-20/h1-4,6,8-12,14,18H,5,7,13,15-16H2,(H,27,29)/t18-/m1/s1. The maximum Gasteiger partial charge on any atom is 0.225 e. The lowest BCUT2D eigenvalue weighted by atomic mass is 9.97. The van der Waals surface area contributed by atoms with E-state index >= 15 is 0 Å². The normalized spacial score (nSPS) is 16.3. The maximum atomic E-state index is 12.8. The molecule has 30 heavy (non-hydrogen) atoms. The Labute approximate surface area is 185 Å². The molecule has 1 aliphatic heterocycles. The number of aromatic nitrogens is 2. The van der Waals surface area contributed by atoms with Gasteiger partial charge in [0.15, 0.2) is 5.82 Å². The third-order valence-electron chi connectivity index (χ3n) is 5.05. The topological polar surface area (TPSA) is 58.1 Å². The van der Waals surface area contributed by atoms with E-state index in [-0.39, 0.29) is 11.8 Å². The molecule has 0 bridgehead atoms. The second-order valence-corrected chi connectivity index (χ2v) is 8.73. The van der Waals surface area contributed by atoms with Crippen molar-refractivity contribution < 1.29 is 4.79 Å². The molecule has 0 unspecified atom stereocenters. The smallest absolute Gasteiger partial charge is 0.225 e. The summed E-state index contributed by atoms with van der Waals surface area (Å²) in [6.45, 7) is 2.00. The van der Waals surface area contributed by atoms with Crippen LogP contribution in [-0.2, 0) is 11.3 Å². The van der Waals surface area contributed by atoms with Gasteiger partial charge in [-0.15, -0.1) is 0 Å². The molecule has 7 heteroatoms. The number of amides is 1.